The smallest absolute Gasteiger partial charge is 0.251 e. The molecule has 4 rings (SSSR count). The van der Waals surface area contributed by atoms with Crippen molar-refractivity contribution in [1.82, 2.24) is 15.3 Å². The van der Waals surface area contributed by atoms with E-state index >= 15 is 0 Å². The summed E-state index contributed by atoms with van der Waals surface area (Å²) in [6, 6.07) is 23.7. The van der Waals surface area contributed by atoms with Gasteiger partial charge in [0, 0.05) is 5.56 Å². The first-order valence-corrected chi connectivity index (χ1v) is 9.14. The molecular weight excluding hydrogens is 334 g/mol. The minimum Gasteiger partial charge on any atom is -0.342 e. The van der Waals surface area contributed by atoms with Gasteiger partial charge in [-0.05, 0) is 34.9 Å². The molecule has 4 nitrogen and oxygen atoms in total. The molecule has 0 spiro atoms. The number of carbonyl (C=O) groups excluding carboxylic acids is 1. The zero-order valence-corrected chi connectivity index (χ0v) is 15.1. The fourth-order valence-electron chi connectivity index (χ4n) is 3.21. The third-order valence-electron chi connectivity index (χ3n) is 4.74. The first-order chi connectivity index (χ1) is 13.2. The highest BCUT2D eigenvalue weighted by atomic mass is 16.1. The first kappa shape index (κ1) is 17.0. The second kappa shape index (κ2) is 7.46. The van der Waals surface area contributed by atoms with Crippen molar-refractivity contribution >= 4 is 16.7 Å². The Morgan fingerprint density at radius 2 is 1.74 bits per heavy atom. The van der Waals surface area contributed by atoms with Crippen LogP contribution < -0.4 is 5.32 Å². The Labute approximate surface area is 158 Å². The zero-order valence-electron chi connectivity index (χ0n) is 15.1. The molecule has 4 heteroatoms. The second-order valence-electron chi connectivity index (χ2n) is 6.54. The molecule has 0 bridgehead atoms. The minimum absolute atomic E-state index is 0.0923. The largest absolute Gasteiger partial charge is 0.342 e. The maximum atomic E-state index is 12.8. The van der Waals surface area contributed by atoms with Gasteiger partial charge in [-0.2, -0.15) is 0 Å². The fraction of sp³-hybridized carbons (Fsp3) is 0.130. The van der Waals surface area contributed by atoms with Crippen molar-refractivity contribution < 1.29 is 4.79 Å². The highest BCUT2D eigenvalue weighted by molar-refractivity contribution is 5.98. The summed E-state index contributed by atoms with van der Waals surface area (Å²) in [6.07, 6.45) is 2.57. The van der Waals surface area contributed by atoms with E-state index in [4.69, 9.17) is 0 Å². The van der Waals surface area contributed by atoms with Crippen molar-refractivity contribution in [1.29, 1.82) is 0 Å². The molecule has 1 amide bonds. The number of fused-ring (bicyclic) bond motifs is 1. The summed E-state index contributed by atoms with van der Waals surface area (Å²) in [5, 5.41) is 5.28. The van der Waals surface area contributed by atoms with E-state index in [1.54, 1.807) is 0 Å². The topological polar surface area (TPSA) is 57.8 Å². The summed E-state index contributed by atoms with van der Waals surface area (Å²) in [4.78, 5) is 20.6. The Morgan fingerprint density at radius 3 is 2.52 bits per heavy atom. The van der Waals surface area contributed by atoms with E-state index in [-0.39, 0.29) is 11.9 Å². The Morgan fingerprint density at radius 1 is 1.00 bits per heavy atom. The molecule has 2 N–H and O–H groups in total. The highest BCUT2D eigenvalue weighted by Crippen LogP contribution is 2.21. The lowest BCUT2D eigenvalue weighted by atomic mass is 10.1. The normalized spacial score (nSPS) is 12.0. The monoisotopic (exact) mass is 355 g/mol. The molecule has 3 aromatic carbocycles. The average molecular weight is 355 g/mol. The number of imidazole rings is 1. The molecule has 0 fully saturated rings. The van der Waals surface area contributed by atoms with Crippen LogP contribution >= 0.6 is 0 Å². The summed E-state index contributed by atoms with van der Waals surface area (Å²) < 4.78 is 0. The average Bonchev–Trinajstić information content (AvgIpc) is 3.22. The van der Waals surface area contributed by atoms with Crippen LogP contribution in [-0.2, 0) is 0 Å². The molecule has 27 heavy (non-hydrogen) atoms. The fourth-order valence-corrected chi connectivity index (χ4v) is 3.21. The van der Waals surface area contributed by atoms with Gasteiger partial charge in [-0.3, -0.25) is 4.79 Å². The minimum atomic E-state index is -0.165. The van der Waals surface area contributed by atoms with Gasteiger partial charge >= 0.3 is 0 Å². The Hall–Kier alpha value is -3.40. The van der Waals surface area contributed by atoms with E-state index in [2.05, 4.69) is 15.3 Å². The summed E-state index contributed by atoms with van der Waals surface area (Å²) in [6.45, 7) is 2.04. The highest BCUT2D eigenvalue weighted by Gasteiger charge is 2.17. The van der Waals surface area contributed by atoms with Gasteiger partial charge in [-0.1, -0.05) is 67.6 Å². The van der Waals surface area contributed by atoms with E-state index in [1.807, 2.05) is 85.9 Å². The predicted molar refractivity (Wildman–Crippen MR) is 108 cm³/mol. The molecule has 1 atom stereocenters. The maximum Gasteiger partial charge on any atom is 0.251 e. The van der Waals surface area contributed by atoms with Gasteiger partial charge in [-0.25, -0.2) is 4.98 Å². The molecule has 4 aromatic rings. The molecule has 1 aromatic heterocycles. The lowest BCUT2D eigenvalue weighted by Gasteiger charge is -2.15. The van der Waals surface area contributed by atoms with Crippen molar-refractivity contribution in [3.8, 4) is 11.3 Å². The standard InChI is InChI=1S/C23H21N3O/c1-2-20(22-24-15-21(25-22)17-9-4-3-5-10-17)26-23(27)19-13-12-16-8-6-7-11-18(16)14-19/h3-15,20H,2H2,1H3,(H,24,25)(H,26,27). The van der Waals surface area contributed by atoms with Crippen LogP contribution in [0.5, 0.6) is 0 Å². The molecule has 0 aliphatic rings. The Kier molecular flexibility index (Phi) is 4.71. The molecule has 0 saturated carbocycles. The van der Waals surface area contributed by atoms with Gasteiger partial charge in [0.05, 0.1) is 17.9 Å². The summed E-state index contributed by atoms with van der Waals surface area (Å²) in [5.74, 6) is 0.677. The number of rotatable bonds is 5. The van der Waals surface area contributed by atoms with E-state index in [0.717, 1.165) is 34.3 Å². The third-order valence-corrected chi connectivity index (χ3v) is 4.74. The van der Waals surface area contributed by atoms with Crippen LogP contribution in [0.3, 0.4) is 0 Å². The van der Waals surface area contributed by atoms with Crippen molar-refractivity contribution in [2.45, 2.75) is 19.4 Å². The van der Waals surface area contributed by atoms with Gasteiger partial charge in [0.1, 0.15) is 5.82 Å². The van der Waals surface area contributed by atoms with Crippen LogP contribution in [0.15, 0.2) is 79.0 Å². The third kappa shape index (κ3) is 3.60. The van der Waals surface area contributed by atoms with Crippen LogP contribution in [0, 0.1) is 0 Å². The van der Waals surface area contributed by atoms with Gasteiger partial charge in [0.15, 0.2) is 0 Å². The SMILES string of the molecule is CCC(NC(=O)c1ccc2ccccc2c1)c1ncc(-c2ccccc2)[nH]1. The molecular formula is C23H21N3O. The van der Waals surface area contributed by atoms with Crippen molar-refractivity contribution in [2.75, 3.05) is 0 Å². The van der Waals surface area contributed by atoms with Crippen LogP contribution in [0.4, 0.5) is 0 Å². The predicted octanol–water partition coefficient (Wildman–Crippen LogP) is 5.11. The Balaban J connectivity index is 1.54. The van der Waals surface area contributed by atoms with Gasteiger partial charge < -0.3 is 10.3 Å². The molecule has 1 heterocycles. The van der Waals surface area contributed by atoms with Crippen LogP contribution in [0.25, 0.3) is 22.0 Å². The first-order valence-electron chi connectivity index (χ1n) is 9.14. The van der Waals surface area contributed by atoms with E-state index < -0.39 is 0 Å². The van der Waals surface area contributed by atoms with Crippen LogP contribution in [0.2, 0.25) is 0 Å². The van der Waals surface area contributed by atoms with Crippen molar-refractivity contribution in [3.05, 3.63) is 90.4 Å². The van der Waals surface area contributed by atoms with Crippen LogP contribution in [-0.4, -0.2) is 15.9 Å². The van der Waals surface area contributed by atoms with E-state index in [9.17, 15) is 4.79 Å². The van der Waals surface area contributed by atoms with Gasteiger partial charge in [0.2, 0.25) is 0 Å². The van der Waals surface area contributed by atoms with Crippen molar-refractivity contribution in [3.63, 3.8) is 0 Å². The lowest BCUT2D eigenvalue weighted by Crippen LogP contribution is -2.28. The number of amides is 1. The number of benzene rings is 3. The lowest BCUT2D eigenvalue weighted by molar-refractivity contribution is 0.0934. The number of carbonyl (C=O) groups is 1. The van der Waals surface area contributed by atoms with E-state index in [0.29, 0.717) is 5.56 Å². The number of hydrogen-bond acceptors (Lipinski definition) is 2. The zero-order chi connectivity index (χ0) is 18.6. The number of aromatic amines is 1. The summed E-state index contributed by atoms with van der Waals surface area (Å²) in [5.41, 5.74) is 2.68. The molecule has 0 aliphatic carbocycles. The van der Waals surface area contributed by atoms with E-state index in [1.165, 1.54) is 0 Å². The molecule has 0 aliphatic heterocycles. The number of aromatic nitrogens is 2. The van der Waals surface area contributed by atoms with Crippen LogP contribution in [0.1, 0.15) is 35.6 Å². The van der Waals surface area contributed by atoms with Crippen molar-refractivity contribution in [2.24, 2.45) is 0 Å². The van der Waals surface area contributed by atoms with Gasteiger partial charge in [0.25, 0.3) is 5.91 Å². The number of nitrogens with zero attached hydrogens (tertiary/aromatic N) is 1. The summed E-state index contributed by atoms with van der Waals surface area (Å²) >= 11 is 0. The maximum absolute atomic E-state index is 12.8. The molecule has 0 radical (unpaired) electrons. The second-order valence-corrected chi connectivity index (χ2v) is 6.54. The Bertz CT molecular complexity index is 1070. The molecule has 134 valence electrons. The number of H-pyrrole nitrogens is 1. The molecule has 0 saturated heterocycles. The quantitative estimate of drug-likeness (QED) is 0.522. The molecule has 1 unspecified atom stereocenters. The van der Waals surface area contributed by atoms with Gasteiger partial charge in [-0.15, -0.1) is 0 Å². The number of hydrogen-bond donors (Lipinski definition) is 2. The summed E-state index contributed by atoms with van der Waals surface area (Å²) in [7, 11) is 0. The number of nitrogens with one attached hydrogen (secondary N) is 2.